The summed E-state index contributed by atoms with van der Waals surface area (Å²) in [6.45, 7) is 4.01. The predicted octanol–water partition coefficient (Wildman–Crippen LogP) is 2.13. The number of rotatable bonds is 4. The Balaban J connectivity index is 1.65. The Kier molecular flexibility index (Phi) is 3.92. The maximum Gasteiger partial charge on any atom is 0.409 e. The van der Waals surface area contributed by atoms with Crippen LogP contribution in [0.5, 0.6) is 0 Å². The molecule has 0 bridgehead atoms. The lowest BCUT2D eigenvalue weighted by atomic mass is 9.90. The van der Waals surface area contributed by atoms with Gasteiger partial charge in [-0.05, 0) is 51.4 Å². The van der Waals surface area contributed by atoms with Crippen molar-refractivity contribution in [1.82, 2.24) is 4.90 Å². The highest BCUT2D eigenvalue weighted by molar-refractivity contribution is 5.67. The van der Waals surface area contributed by atoms with Gasteiger partial charge in [0.25, 0.3) is 0 Å². The molecular weight excluding hydrogens is 216 g/mol. The van der Waals surface area contributed by atoms with Crippen molar-refractivity contribution in [3.8, 4) is 0 Å². The average molecular weight is 240 g/mol. The van der Waals surface area contributed by atoms with Crippen LogP contribution < -0.4 is 5.73 Å². The molecule has 98 valence electrons. The first-order valence-electron chi connectivity index (χ1n) is 6.83. The van der Waals surface area contributed by atoms with Gasteiger partial charge in [0, 0.05) is 18.6 Å². The fourth-order valence-corrected chi connectivity index (χ4v) is 2.52. The van der Waals surface area contributed by atoms with Gasteiger partial charge in [-0.3, -0.25) is 0 Å². The molecule has 0 spiro atoms. The molecule has 0 aromatic carbocycles. The smallest absolute Gasteiger partial charge is 0.409 e. The summed E-state index contributed by atoms with van der Waals surface area (Å²) in [4.78, 5) is 13.3. The molecule has 1 aliphatic heterocycles. The Hall–Kier alpha value is -0.770. The van der Waals surface area contributed by atoms with Gasteiger partial charge >= 0.3 is 6.09 Å². The number of carbonyl (C=O) groups is 1. The van der Waals surface area contributed by atoms with Gasteiger partial charge in [0.05, 0.1) is 6.61 Å². The monoisotopic (exact) mass is 240 g/mol. The molecule has 2 N–H and O–H groups in total. The first-order valence-corrected chi connectivity index (χ1v) is 6.83. The van der Waals surface area contributed by atoms with Crippen LogP contribution >= 0.6 is 0 Å². The third-order valence-electron chi connectivity index (χ3n) is 4.08. The van der Waals surface area contributed by atoms with Crippen molar-refractivity contribution in [3.63, 3.8) is 0 Å². The molecule has 0 aromatic heterocycles. The first-order chi connectivity index (χ1) is 8.13. The molecule has 0 aromatic rings. The summed E-state index contributed by atoms with van der Waals surface area (Å²) in [7, 11) is 0. The second-order valence-corrected chi connectivity index (χ2v) is 5.53. The lowest BCUT2D eigenvalue weighted by Crippen LogP contribution is -2.39. The zero-order chi connectivity index (χ0) is 12.3. The normalized spacial score (nSPS) is 23.5. The van der Waals surface area contributed by atoms with E-state index >= 15 is 0 Å². The quantitative estimate of drug-likeness (QED) is 0.819. The number of ether oxygens (including phenoxy) is 1. The number of nitrogens with two attached hydrogens (primary N) is 1. The number of hydrogen-bond acceptors (Lipinski definition) is 3. The summed E-state index contributed by atoms with van der Waals surface area (Å²) >= 11 is 0. The van der Waals surface area contributed by atoms with Crippen LogP contribution in [-0.4, -0.2) is 36.2 Å². The van der Waals surface area contributed by atoms with E-state index in [1.807, 2.05) is 11.8 Å². The number of piperidine rings is 1. The van der Waals surface area contributed by atoms with E-state index in [9.17, 15) is 4.79 Å². The van der Waals surface area contributed by atoms with Crippen LogP contribution in [0.4, 0.5) is 4.79 Å². The molecule has 0 radical (unpaired) electrons. The van der Waals surface area contributed by atoms with Crippen molar-refractivity contribution in [1.29, 1.82) is 0 Å². The van der Waals surface area contributed by atoms with Crippen molar-refractivity contribution in [2.24, 2.45) is 11.7 Å². The Labute approximate surface area is 103 Å². The third-order valence-corrected chi connectivity index (χ3v) is 4.08. The minimum absolute atomic E-state index is 0.150. The Bertz CT molecular complexity index is 269. The number of amides is 1. The molecule has 0 atom stereocenters. The summed E-state index contributed by atoms with van der Waals surface area (Å²) in [5.41, 5.74) is 6.27. The van der Waals surface area contributed by atoms with Crippen LogP contribution in [0.25, 0.3) is 0 Å². The van der Waals surface area contributed by atoms with Gasteiger partial charge in [0.15, 0.2) is 0 Å². The van der Waals surface area contributed by atoms with Gasteiger partial charge in [0.1, 0.15) is 0 Å². The standard InChI is InChI=1S/C13H24N2O2/c1-2-17-12(16)15-9-4-11(5-10-15)3-6-13(14)7-8-13/h11H,2-10,14H2,1H3. The highest BCUT2D eigenvalue weighted by atomic mass is 16.6. The highest BCUT2D eigenvalue weighted by Gasteiger charge is 2.38. The summed E-state index contributed by atoms with van der Waals surface area (Å²) in [5, 5.41) is 0. The van der Waals surface area contributed by atoms with Crippen LogP contribution in [-0.2, 0) is 4.74 Å². The van der Waals surface area contributed by atoms with Gasteiger partial charge in [-0.2, -0.15) is 0 Å². The Morgan fingerprint density at radius 3 is 2.59 bits per heavy atom. The molecule has 2 fully saturated rings. The van der Waals surface area contributed by atoms with Crippen LogP contribution in [0.3, 0.4) is 0 Å². The lowest BCUT2D eigenvalue weighted by molar-refractivity contribution is 0.0904. The highest BCUT2D eigenvalue weighted by Crippen LogP contribution is 2.38. The van der Waals surface area contributed by atoms with Gasteiger partial charge in [0.2, 0.25) is 0 Å². The van der Waals surface area contributed by atoms with E-state index in [0.29, 0.717) is 6.61 Å². The molecule has 1 amide bonds. The number of carbonyl (C=O) groups excluding carboxylic acids is 1. The minimum atomic E-state index is -0.150. The van der Waals surface area contributed by atoms with Gasteiger partial charge in [-0.1, -0.05) is 0 Å². The molecule has 2 rings (SSSR count). The van der Waals surface area contributed by atoms with Crippen LogP contribution in [0.15, 0.2) is 0 Å². The topological polar surface area (TPSA) is 55.6 Å². The maximum atomic E-state index is 11.5. The predicted molar refractivity (Wildman–Crippen MR) is 66.7 cm³/mol. The molecule has 4 nitrogen and oxygen atoms in total. The second kappa shape index (κ2) is 5.25. The molecule has 1 heterocycles. The van der Waals surface area contributed by atoms with Gasteiger partial charge in [-0.25, -0.2) is 4.79 Å². The van der Waals surface area contributed by atoms with Crippen molar-refractivity contribution >= 4 is 6.09 Å². The van der Waals surface area contributed by atoms with E-state index in [2.05, 4.69) is 0 Å². The largest absolute Gasteiger partial charge is 0.450 e. The van der Waals surface area contributed by atoms with E-state index in [-0.39, 0.29) is 11.6 Å². The number of nitrogens with zero attached hydrogens (tertiary/aromatic N) is 1. The zero-order valence-corrected chi connectivity index (χ0v) is 10.8. The zero-order valence-electron chi connectivity index (χ0n) is 10.8. The second-order valence-electron chi connectivity index (χ2n) is 5.53. The molecule has 1 saturated carbocycles. The van der Waals surface area contributed by atoms with E-state index in [1.165, 1.54) is 19.3 Å². The van der Waals surface area contributed by atoms with Crippen LogP contribution in [0.1, 0.15) is 45.4 Å². The van der Waals surface area contributed by atoms with E-state index in [0.717, 1.165) is 38.3 Å². The molecule has 17 heavy (non-hydrogen) atoms. The molecular formula is C13H24N2O2. The van der Waals surface area contributed by atoms with E-state index < -0.39 is 0 Å². The fourth-order valence-electron chi connectivity index (χ4n) is 2.52. The van der Waals surface area contributed by atoms with E-state index in [1.54, 1.807) is 0 Å². The molecule has 2 aliphatic rings. The Morgan fingerprint density at radius 1 is 1.41 bits per heavy atom. The maximum absolute atomic E-state index is 11.5. The molecule has 4 heteroatoms. The van der Waals surface area contributed by atoms with Gasteiger partial charge < -0.3 is 15.4 Å². The average Bonchev–Trinajstić information content (AvgIpc) is 3.06. The van der Waals surface area contributed by atoms with Crippen molar-refractivity contribution < 1.29 is 9.53 Å². The fraction of sp³-hybridized carbons (Fsp3) is 0.923. The summed E-state index contributed by atoms with van der Waals surface area (Å²) < 4.78 is 5.01. The van der Waals surface area contributed by atoms with Crippen molar-refractivity contribution in [2.45, 2.75) is 51.0 Å². The molecule has 1 saturated heterocycles. The van der Waals surface area contributed by atoms with Crippen LogP contribution in [0.2, 0.25) is 0 Å². The van der Waals surface area contributed by atoms with Gasteiger partial charge in [-0.15, -0.1) is 0 Å². The van der Waals surface area contributed by atoms with Crippen LogP contribution in [0, 0.1) is 5.92 Å². The number of likely N-dealkylation sites (tertiary alicyclic amines) is 1. The molecule has 0 unspecified atom stereocenters. The molecule has 1 aliphatic carbocycles. The summed E-state index contributed by atoms with van der Waals surface area (Å²) in [6, 6.07) is 0. The lowest BCUT2D eigenvalue weighted by Gasteiger charge is -2.31. The minimum Gasteiger partial charge on any atom is -0.450 e. The van der Waals surface area contributed by atoms with E-state index in [4.69, 9.17) is 10.5 Å². The van der Waals surface area contributed by atoms with Crippen molar-refractivity contribution in [2.75, 3.05) is 19.7 Å². The first kappa shape index (κ1) is 12.7. The van der Waals surface area contributed by atoms with Crippen molar-refractivity contribution in [3.05, 3.63) is 0 Å². The summed E-state index contributed by atoms with van der Waals surface area (Å²) in [6.07, 6.45) is 6.86. The Morgan fingerprint density at radius 2 is 2.06 bits per heavy atom. The third kappa shape index (κ3) is 3.60. The number of hydrogen-bond donors (Lipinski definition) is 1. The summed E-state index contributed by atoms with van der Waals surface area (Å²) in [5.74, 6) is 0.752. The SMILES string of the molecule is CCOC(=O)N1CCC(CCC2(N)CC2)CC1.